The topological polar surface area (TPSA) is 20.2 Å². The lowest BCUT2D eigenvalue weighted by atomic mass is 10.1. The van der Waals surface area contributed by atoms with Gasteiger partial charge in [0.25, 0.3) is 0 Å². The van der Waals surface area contributed by atoms with Crippen molar-refractivity contribution in [1.82, 2.24) is 0 Å². The Hall–Kier alpha value is -0.120. The largest absolute Gasteiger partial charge is 0.393 e. The number of nitrogens with zero attached hydrogens (tertiary/aromatic N) is 2. The third-order valence-electron chi connectivity index (χ3n) is 5.06. The van der Waals surface area contributed by atoms with Crippen LogP contribution < -0.4 is 0 Å². The predicted octanol–water partition coefficient (Wildman–Crippen LogP) is 2.10. The Morgan fingerprint density at radius 2 is 1.00 bits per heavy atom. The molecule has 0 heterocycles. The molecule has 0 rings (SSSR count). The van der Waals surface area contributed by atoms with Crippen LogP contribution in [0.5, 0.6) is 0 Å². The smallest absolute Gasteiger partial charge is 0.0809 e. The Kier molecular flexibility index (Phi) is 8.08. The molecular formula is C15H36N2O+2. The van der Waals surface area contributed by atoms with Gasteiger partial charge >= 0.3 is 0 Å². The summed E-state index contributed by atoms with van der Waals surface area (Å²) in [6, 6.07) is 0. The molecule has 0 radical (unpaired) electrons. The molecule has 0 amide bonds. The summed E-state index contributed by atoms with van der Waals surface area (Å²) in [5, 5.41) is 10.1. The van der Waals surface area contributed by atoms with Crippen molar-refractivity contribution < 1.29 is 14.1 Å². The summed E-state index contributed by atoms with van der Waals surface area (Å²) in [5.74, 6) is 0. The highest BCUT2D eigenvalue weighted by atomic mass is 16.3. The molecule has 0 fully saturated rings. The van der Waals surface area contributed by atoms with Crippen molar-refractivity contribution in [3.8, 4) is 0 Å². The molecule has 0 unspecified atom stereocenters. The van der Waals surface area contributed by atoms with E-state index in [1.165, 1.54) is 0 Å². The maximum Gasteiger partial charge on any atom is 0.0809 e. The molecule has 18 heavy (non-hydrogen) atoms. The van der Waals surface area contributed by atoms with Gasteiger partial charge in [-0.2, -0.15) is 0 Å². The van der Waals surface area contributed by atoms with E-state index in [9.17, 15) is 5.11 Å². The zero-order chi connectivity index (χ0) is 14.2. The van der Waals surface area contributed by atoms with Crippen molar-refractivity contribution in [1.29, 1.82) is 0 Å². The summed E-state index contributed by atoms with van der Waals surface area (Å²) in [4.78, 5) is 0. The molecule has 110 valence electrons. The van der Waals surface area contributed by atoms with Crippen molar-refractivity contribution in [3.63, 3.8) is 0 Å². The van der Waals surface area contributed by atoms with Crippen molar-refractivity contribution in [2.24, 2.45) is 0 Å². The van der Waals surface area contributed by atoms with E-state index >= 15 is 0 Å². The highest BCUT2D eigenvalue weighted by Gasteiger charge is 2.21. The maximum absolute atomic E-state index is 10.1. The van der Waals surface area contributed by atoms with Crippen LogP contribution in [-0.2, 0) is 0 Å². The standard InChI is InChI=1S/C15H36N2O/c1-7-16(5,8-2)13-11-15(18)12-14-17(6,9-3)10-4/h15,18H,7-14H2,1-6H3/q+2. The molecule has 0 aromatic rings. The van der Waals surface area contributed by atoms with Gasteiger partial charge in [-0.05, 0) is 27.7 Å². The van der Waals surface area contributed by atoms with Gasteiger partial charge in [0.15, 0.2) is 0 Å². The Morgan fingerprint density at radius 1 is 0.722 bits per heavy atom. The van der Waals surface area contributed by atoms with E-state index in [1.54, 1.807) is 0 Å². The van der Waals surface area contributed by atoms with Crippen LogP contribution >= 0.6 is 0 Å². The van der Waals surface area contributed by atoms with Gasteiger partial charge in [0.1, 0.15) is 0 Å². The maximum atomic E-state index is 10.1. The molecule has 0 aromatic heterocycles. The Morgan fingerprint density at radius 3 is 1.22 bits per heavy atom. The fourth-order valence-electron chi connectivity index (χ4n) is 2.15. The van der Waals surface area contributed by atoms with Gasteiger partial charge < -0.3 is 14.1 Å². The normalized spacial score (nSPS) is 13.3. The Bertz CT molecular complexity index is 189. The molecule has 3 nitrogen and oxygen atoms in total. The lowest BCUT2D eigenvalue weighted by Gasteiger charge is -2.34. The summed E-state index contributed by atoms with van der Waals surface area (Å²) in [5.41, 5.74) is 0. The third-order valence-corrected chi connectivity index (χ3v) is 5.06. The van der Waals surface area contributed by atoms with Crippen LogP contribution in [0.1, 0.15) is 40.5 Å². The molecule has 0 bridgehead atoms. The monoisotopic (exact) mass is 260 g/mol. The number of hydrogen-bond acceptors (Lipinski definition) is 1. The molecule has 1 N–H and O–H groups in total. The molecule has 0 aliphatic carbocycles. The van der Waals surface area contributed by atoms with Gasteiger partial charge in [0, 0.05) is 12.8 Å². The van der Waals surface area contributed by atoms with Gasteiger partial charge in [0.05, 0.1) is 59.5 Å². The van der Waals surface area contributed by atoms with Gasteiger partial charge in [0.2, 0.25) is 0 Å². The van der Waals surface area contributed by atoms with E-state index in [0.717, 1.165) is 61.1 Å². The van der Waals surface area contributed by atoms with Crippen molar-refractivity contribution in [3.05, 3.63) is 0 Å². The Labute approximate surface area is 115 Å². The minimum Gasteiger partial charge on any atom is -0.393 e. The van der Waals surface area contributed by atoms with Gasteiger partial charge in [-0.1, -0.05) is 0 Å². The fourth-order valence-corrected chi connectivity index (χ4v) is 2.15. The molecular weight excluding hydrogens is 224 g/mol. The van der Waals surface area contributed by atoms with E-state index in [2.05, 4.69) is 41.8 Å². The summed E-state index contributed by atoms with van der Waals surface area (Å²) in [6.45, 7) is 15.7. The van der Waals surface area contributed by atoms with Crippen LogP contribution in [-0.4, -0.2) is 73.5 Å². The highest BCUT2D eigenvalue weighted by Crippen LogP contribution is 2.10. The highest BCUT2D eigenvalue weighted by molar-refractivity contribution is 4.55. The van der Waals surface area contributed by atoms with E-state index < -0.39 is 0 Å². The zero-order valence-electron chi connectivity index (χ0n) is 13.6. The van der Waals surface area contributed by atoms with E-state index in [-0.39, 0.29) is 6.10 Å². The van der Waals surface area contributed by atoms with Crippen LogP contribution in [0.25, 0.3) is 0 Å². The molecule has 3 heteroatoms. The van der Waals surface area contributed by atoms with E-state index in [4.69, 9.17) is 0 Å². The first-order chi connectivity index (χ1) is 8.34. The summed E-state index contributed by atoms with van der Waals surface area (Å²) in [7, 11) is 4.57. The summed E-state index contributed by atoms with van der Waals surface area (Å²) < 4.78 is 2.15. The number of aliphatic hydroxyl groups is 1. The average Bonchev–Trinajstić information content (AvgIpc) is 2.42. The average molecular weight is 260 g/mol. The van der Waals surface area contributed by atoms with E-state index in [1.807, 2.05) is 0 Å². The molecule has 0 aliphatic rings. The second-order valence-electron chi connectivity index (χ2n) is 6.18. The van der Waals surface area contributed by atoms with Crippen LogP contribution in [0.4, 0.5) is 0 Å². The lowest BCUT2D eigenvalue weighted by molar-refractivity contribution is -0.908. The molecule has 0 spiro atoms. The molecule has 0 atom stereocenters. The molecule has 0 aromatic carbocycles. The van der Waals surface area contributed by atoms with Gasteiger partial charge in [-0.25, -0.2) is 0 Å². The second-order valence-corrected chi connectivity index (χ2v) is 6.18. The fraction of sp³-hybridized carbons (Fsp3) is 1.00. The Balaban J connectivity index is 4.02. The minimum atomic E-state index is -0.129. The third kappa shape index (κ3) is 6.17. The number of aliphatic hydroxyl groups excluding tert-OH is 1. The van der Waals surface area contributed by atoms with Crippen molar-refractivity contribution in [2.75, 3.05) is 53.4 Å². The SMILES string of the molecule is CC[N+](C)(CC)CCC(O)CC[N+](C)(CC)CC. The zero-order valence-corrected chi connectivity index (χ0v) is 13.6. The summed E-state index contributed by atoms with van der Waals surface area (Å²) >= 11 is 0. The first-order valence-corrected chi connectivity index (χ1v) is 7.69. The second kappa shape index (κ2) is 8.13. The summed E-state index contributed by atoms with van der Waals surface area (Å²) in [6.07, 6.45) is 1.74. The van der Waals surface area contributed by atoms with E-state index in [0.29, 0.717) is 0 Å². The first kappa shape index (κ1) is 17.9. The number of quaternary nitrogens is 2. The molecule has 0 saturated heterocycles. The molecule has 0 saturated carbocycles. The number of rotatable bonds is 10. The van der Waals surface area contributed by atoms with Crippen LogP contribution in [0, 0.1) is 0 Å². The lowest BCUT2D eigenvalue weighted by Crippen LogP contribution is -2.47. The van der Waals surface area contributed by atoms with Gasteiger partial charge in [-0.3, -0.25) is 0 Å². The minimum absolute atomic E-state index is 0.129. The number of hydrogen-bond donors (Lipinski definition) is 1. The molecule has 0 aliphatic heterocycles. The van der Waals surface area contributed by atoms with Crippen LogP contribution in [0.2, 0.25) is 0 Å². The first-order valence-electron chi connectivity index (χ1n) is 7.69. The van der Waals surface area contributed by atoms with Crippen LogP contribution in [0.15, 0.2) is 0 Å². The van der Waals surface area contributed by atoms with Crippen molar-refractivity contribution in [2.45, 2.75) is 46.6 Å². The van der Waals surface area contributed by atoms with Gasteiger partial charge in [-0.15, -0.1) is 0 Å². The predicted molar refractivity (Wildman–Crippen MR) is 79.5 cm³/mol. The van der Waals surface area contributed by atoms with Crippen LogP contribution in [0.3, 0.4) is 0 Å². The van der Waals surface area contributed by atoms with Crippen molar-refractivity contribution >= 4 is 0 Å². The quantitative estimate of drug-likeness (QED) is 0.597.